The molecule has 0 spiro atoms. The molecule has 1 aliphatic heterocycles. The van der Waals surface area contributed by atoms with Gasteiger partial charge in [0.1, 0.15) is 0 Å². The molecule has 100 valence electrons. The molecule has 0 aromatic heterocycles. The molecule has 1 saturated heterocycles. The summed E-state index contributed by atoms with van der Waals surface area (Å²) in [5.74, 6) is 0.0562. The molecule has 1 fully saturated rings. The molecule has 19 heavy (non-hydrogen) atoms. The van der Waals surface area contributed by atoms with Crippen molar-refractivity contribution in [1.82, 2.24) is 10.2 Å². The molecule has 1 N–H and O–H groups in total. The van der Waals surface area contributed by atoms with Crippen LogP contribution in [0.5, 0.6) is 0 Å². The lowest BCUT2D eigenvalue weighted by molar-refractivity contribution is 0.0662. The first-order valence-corrected chi connectivity index (χ1v) is 6.78. The van der Waals surface area contributed by atoms with Crippen LogP contribution in [0.2, 0.25) is 0 Å². The highest BCUT2D eigenvalue weighted by Crippen LogP contribution is 2.14. The van der Waals surface area contributed by atoms with Gasteiger partial charge in [0.2, 0.25) is 0 Å². The number of nitrogens with one attached hydrogen (secondary N) is 1. The quantitative estimate of drug-likeness (QED) is 0.898. The zero-order valence-electron chi connectivity index (χ0n) is 11.2. The molecular formula is C15H19N3O. The van der Waals surface area contributed by atoms with E-state index in [0.29, 0.717) is 17.7 Å². The monoisotopic (exact) mass is 257 g/mol. The first-order chi connectivity index (χ1) is 9.26. The largest absolute Gasteiger partial charge is 0.335 e. The maximum Gasteiger partial charge on any atom is 0.254 e. The van der Waals surface area contributed by atoms with E-state index in [1.54, 1.807) is 24.3 Å². The second-order valence-electron chi connectivity index (χ2n) is 4.78. The van der Waals surface area contributed by atoms with Crippen molar-refractivity contribution in [1.29, 1.82) is 5.26 Å². The lowest BCUT2D eigenvalue weighted by Crippen LogP contribution is -2.48. The molecule has 1 aromatic carbocycles. The number of nitriles is 1. The van der Waals surface area contributed by atoms with Crippen LogP contribution in [0.25, 0.3) is 0 Å². The van der Waals surface area contributed by atoms with Crippen LogP contribution >= 0.6 is 0 Å². The van der Waals surface area contributed by atoms with Crippen molar-refractivity contribution < 1.29 is 4.79 Å². The highest BCUT2D eigenvalue weighted by molar-refractivity contribution is 5.94. The normalized spacial score (nSPS) is 18.6. The van der Waals surface area contributed by atoms with Crippen molar-refractivity contribution in [3.8, 4) is 6.07 Å². The van der Waals surface area contributed by atoms with Gasteiger partial charge in [0.15, 0.2) is 0 Å². The number of hydrogen-bond acceptors (Lipinski definition) is 3. The first kappa shape index (κ1) is 13.6. The van der Waals surface area contributed by atoms with Gasteiger partial charge in [0.05, 0.1) is 11.6 Å². The average molecular weight is 257 g/mol. The van der Waals surface area contributed by atoms with Crippen LogP contribution in [-0.4, -0.2) is 36.5 Å². The molecule has 0 bridgehead atoms. The minimum absolute atomic E-state index is 0.0562. The van der Waals surface area contributed by atoms with Crippen LogP contribution in [0.15, 0.2) is 24.3 Å². The van der Waals surface area contributed by atoms with Crippen molar-refractivity contribution in [2.24, 2.45) is 0 Å². The Hall–Kier alpha value is -1.86. The average Bonchev–Trinajstić information content (AvgIpc) is 2.49. The Kier molecular flexibility index (Phi) is 4.53. The Bertz CT molecular complexity index is 469. The Morgan fingerprint density at radius 3 is 2.74 bits per heavy atom. The fourth-order valence-corrected chi connectivity index (χ4v) is 2.52. The van der Waals surface area contributed by atoms with Gasteiger partial charge < -0.3 is 10.2 Å². The van der Waals surface area contributed by atoms with Gasteiger partial charge in [0, 0.05) is 24.7 Å². The van der Waals surface area contributed by atoms with Crippen molar-refractivity contribution in [3.63, 3.8) is 0 Å². The number of piperidine rings is 1. The van der Waals surface area contributed by atoms with Gasteiger partial charge in [-0.15, -0.1) is 0 Å². The summed E-state index contributed by atoms with van der Waals surface area (Å²) in [6.07, 6.45) is 2.17. The number of carbonyl (C=O) groups is 1. The molecule has 1 amide bonds. The van der Waals surface area contributed by atoms with Crippen LogP contribution in [0.4, 0.5) is 0 Å². The zero-order chi connectivity index (χ0) is 13.7. The number of rotatable bonds is 3. The van der Waals surface area contributed by atoms with Crippen LogP contribution in [0.3, 0.4) is 0 Å². The fourth-order valence-electron chi connectivity index (χ4n) is 2.52. The minimum atomic E-state index is 0.0562. The third kappa shape index (κ3) is 3.12. The van der Waals surface area contributed by atoms with Crippen LogP contribution in [-0.2, 0) is 0 Å². The zero-order valence-corrected chi connectivity index (χ0v) is 11.2. The molecule has 2 rings (SSSR count). The lowest BCUT2D eigenvalue weighted by atomic mass is 10.0. The molecule has 0 aliphatic carbocycles. The highest BCUT2D eigenvalue weighted by Gasteiger charge is 2.24. The minimum Gasteiger partial charge on any atom is -0.335 e. The number of amides is 1. The van der Waals surface area contributed by atoms with E-state index in [9.17, 15) is 4.79 Å². The molecule has 0 saturated carbocycles. The second kappa shape index (κ2) is 6.35. The van der Waals surface area contributed by atoms with Crippen LogP contribution < -0.4 is 5.32 Å². The third-order valence-corrected chi connectivity index (χ3v) is 3.57. The maximum atomic E-state index is 12.5. The van der Waals surface area contributed by atoms with E-state index in [2.05, 4.69) is 11.4 Å². The van der Waals surface area contributed by atoms with E-state index in [4.69, 9.17) is 5.26 Å². The standard InChI is InChI=1S/C15H19N3O/c1-2-18(14-4-3-9-17-11-14)15(19)13-7-5-12(10-16)6-8-13/h5-8,14,17H,2-4,9,11H2,1H3. The summed E-state index contributed by atoms with van der Waals surface area (Å²) in [5, 5.41) is 12.1. The Balaban J connectivity index is 2.12. The molecule has 1 unspecified atom stereocenters. The van der Waals surface area contributed by atoms with Gasteiger partial charge in [-0.05, 0) is 50.6 Å². The molecule has 4 heteroatoms. The smallest absolute Gasteiger partial charge is 0.254 e. The molecule has 1 aromatic rings. The van der Waals surface area contributed by atoms with E-state index in [-0.39, 0.29) is 11.9 Å². The second-order valence-corrected chi connectivity index (χ2v) is 4.78. The van der Waals surface area contributed by atoms with Crippen molar-refractivity contribution >= 4 is 5.91 Å². The molecule has 0 radical (unpaired) electrons. The summed E-state index contributed by atoms with van der Waals surface area (Å²) in [6.45, 7) is 4.64. The van der Waals surface area contributed by atoms with E-state index < -0.39 is 0 Å². The number of carbonyl (C=O) groups excluding carboxylic acids is 1. The number of nitrogens with zero attached hydrogens (tertiary/aromatic N) is 2. The SMILES string of the molecule is CCN(C(=O)c1ccc(C#N)cc1)C1CCCNC1. The molecule has 1 heterocycles. The van der Waals surface area contributed by atoms with E-state index in [1.165, 1.54) is 0 Å². The molecule has 1 atom stereocenters. The van der Waals surface area contributed by atoms with Crippen LogP contribution in [0, 0.1) is 11.3 Å². The van der Waals surface area contributed by atoms with Gasteiger partial charge >= 0.3 is 0 Å². The topological polar surface area (TPSA) is 56.1 Å². The summed E-state index contributed by atoms with van der Waals surface area (Å²) < 4.78 is 0. The predicted molar refractivity (Wildman–Crippen MR) is 73.8 cm³/mol. The van der Waals surface area contributed by atoms with Gasteiger partial charge in [0.25, 0.3) is 5.91 Å². The first-order valence-electron chi connectivity index (χ1n) is 6.78. The van der Waals surface area contributed by atoms with Crippen LogP contribution in [0.1, 0.15) is 35.7 Å². The van der Waals surface area contributed by atoms with Gasteiger partial charge in [-0.2, -0.15) is 5.26 Å². The number of hydrogen-bond donors (Lipinski definition) is 1. The van der Waals surface area contributed by atoms with Gasteiger partial charge in [-0.3, -0.25) is 4.79 Å². The van der Waals surface area contributed by atoms with Gasteiger partial charge in [-0.1, -0.05) is 0 Å². The summed E-state index contributed by atoms with van der Waals surface area (Å²) in [5.41, 5.74) is 1.24. The predicted octanol–water partition coefficient (Wildman–Crippen LogP) is 1.77. The number of likely N-dealkylation sites (N-methyl/N-ethyl adjacent to an activating group) is 1. The summed E-state index contributed by atoms with van der Waals surface area (Å²) >= 11 is 0. The van der Waals surface area contributed by atoms with Crippen molar-refractivity contribution in [2.45, 2.75) is 25.8 Å². The van der Waals surface area contributed by atoms with E-state index in [1.807, 2.05) is 11.8 Å². The number of benzene rings is 1. The lowest BCUT2D eigenvalue weighted by Gasteiger charge is -2.34. The van der Waals surface area contributed by atoms with Crippen molar-refractivity contribution in [3.05, 3.63) is 35.4 Å². The summed E-state index contributed by atoms with van der Waals surface area (Å²) in [4.78, 5) is 14.4. The van der Waals surface area contributed by atoms with Gasteiger partial charge in [-0.25, -0.2) is 0 Å². The molecular weight excluding hydrogens is 238 g/mol. The molecule has 4 nitrogen and oxygen atoms in total. The van der Waals surface area contributed by atoms with E-state index in [0.717, 1.165) is 25.9 Å². The Labute approximate surface area is 114 Å². The van der Waals surface area contributed by atoms with E-state index >= 15 is 0 Å². The maximum absolute atomic E-state index is 12.5. The summed E-state index contributed by atoms with van der Waals surface area (Å²) in [6, 6.07) is 9.21. The highest BCUT2D eigenvalue weighted by atomic mass is 16.2. The fraction of sp³-hybridized carbons (Fsp3) is 0.467. The molecule has 1 aliphatic rings. The van der Waals surface area contributed by atoms with Crippen molar-refractivity contribution in [2.75, 3.05) is 19.6 Å². The Morgan fingerprint density at radius 2 is 2.21 bits per heavy atom. The summed E-state index contributed by atoms with van der Waals surface area (Å²) in [7, 11) is 0. The Morgan fingerprint density at radius 1 is 1.47 bits per heavy atom. The third-order valence-electron chi connectivity index (χ3n) is 3.57.